The lowest BCUT2D eigenvalue weighted by atomic mass is 10.0. The lowest BCUT2D eigenvalue weighted by molar-refractivity contribution is 0.0981. The summed E-state index contributed by atoms with van der Waals surface area (Å²) in [5.74, 6) is 0.266. The molecule has 2 aromatic carbocycles. The number of hydrogen-bond acceptors (Lipinski definition) is 1. The number of ketones is 1. The van der Waals surface area contributed by atoms with E-state index in [-0.39, 0.29) is 5.78 Å². The summed E-state index contributed by atoms with van der Waals surface area (Å²) in [5, 5.41) is 0. The molecule has 0 saturated carbocycles. The van der Waals surface area contributed by atoms with E-state index in [9.17, 15) is 4.79 Å². The highest BCUT2D eigenvalue weighted by Gasteiger charge is 2.40. The number of carbonyl (C=O) groups is 1. The van der Waals surface area contributed by atoms with E-state index in [4.69, 9.17) is 0 Å². The van der Waals surface area contributed by atoms with Gasteiger partial charge in [0.05, 0.1) is 18.7 Å². The first-order chi connectivity index (χ1) is 10.6. The van der Waals surface area contributed by atoms with Crippen molar-refractivity contribution in [1.82, 2.24) is 0 Å². The Morgan fingerprint density at radius 1 is 0.909 bits per heavy atom. The van der Waals surface area contributed by atoms with Gasteiger partial charge in [0.2, 0.25) is 0 Å². The van der Waals surface area contributed by atoms with Crippen molar-refractivity contribution in [1.29, 1.82) is 0 Å². The molecule has 0 saturated heterocycles. The monoisotopic (exact) mass is 313 g/mol. The summed E-state index contributed by atoms with van der Waals surface area (Å²) in [7, 11) is -1.16. The molecule has 0 bridgehead atoms. The molecule has 1 nitrogen and oxygen atoms in total. The lowest BCUT2D eigenvalue weighted by Crippen LogP contribution is -2.14. The molecule has 0 amide bonds. The minimum Gasteiger partial charge on any atom is -0.294 e. The standard InChI is InChI=1S/C20H26OP/c1-4-22(3,5-2)20(18-14-10-7-11-15-18)16-19(21)17-12-8-6-9-13-17/h6-15,20H,4-5,16H2,1-3H3/q+1. The molecule has 0 N–H and O–H groups in total. The molecule has 0 aliphatic rings. The van der Waals surface area contributed by atoms with Gasteiger partial charge in [0, 0.05) is 19.5 Å². The van der Waals surface area contributed by atoms with Gasteiger partial charge in [-0.1, -0.05) is 60.7 Å². The molecule has 2 rings (SSSR count). The smallest absolute Gasteiger partial charge is 0.167 e. The van der Waals surface area contributed by atoms with Gasteiger partial charge < -0.3 is 0 Å². The maximum atomic E-state index is 12.7. The highest BCUT2D eigenvalue weighted by molar-refractivity contribution is 7.75. The van der Waals surface area contributed by atoms with Crippen LogP contribution in [0.3, 0.4) is 0 Å². The molecule has 0 aromatic heterocycles. The van der Waals surface area contributed by atoms with Gasteiger partial charge in [-0.25, -0.2) is 0 Å². The zero-order chi connectivity index (χ0) is 16.0. The molecule has 0 spiro atoms. The third kappa shape index (κ3) is 3.84. The summed E-state index contributed by atoms with van der Waals surface area (Å²) >= 11 is 0. The van der Waals surface area contributed by atoms with E-state index in [1.54, 1.807) is 0 Å². The van der Waals surface area contributed by atoms with Gasteiger partial charge in [-0.2, -0.15) is 0 Å². The Bertz CT molecular complexity index is 588. The predicted molar refractivity (Wildman–Crippen MR) is 98.5 cm³/mol. The predicted octanol–water partition coefficient (Wildman–Crippen LogP) is 5.69. The van der Waals surface area contributed by atoms with Gasteiger partial charge in [0.1, 0.15) is 5.66 Å². The van der Waals surface area contributed by atoms with Crippen molar-refractivity contribution in [2.45, 2.75) is 25.9 Å². The van der Waals surface area contributed by atoms with Gasteiger partial charge in [-0.3, -0.25) is 4.79 Å². The number of hydrogen-bond donors (Lipinski definition) is 0. The Kier molecular flexibility index (Phi) is 5.91. The number of rotatable bonds is 7. The van der Waals surface area contributed by atoms with Crippen LogP contribution in [0.2, 0.25) is 0 Å². The molecule has 2 heteroatoms. The van der Waals surface area contributed by atoms with Crippen LogP contribution < -0.4 is 0 Å². The van der Waals surface area contributed by atoms with Crippen LogP contribution in [-0.2, 0) is 0 Å². The second kappa shape index (κ2) is 7.70. The average Bonchev–Trinajstić information content (AvgIpc) is 2.60. The fourth-order valence-electron chi connectivity index (χ4n) is 2.96. The summed E-state index contributed by atoms with van der Waals surface area (Å²) in [4.78, 5) is 12.7. The summed E-state index contributed by atoms with van der Waals surface area (Å²) in [5.41, 5.74) is 2.53. The summed E-state index contributed by atoms with van der Waals surface area (Å²) in [6, 6.07) is 20.3. The first kappa shape index (κ1) is 16.9. The Balaban J connectivity index is 2.31. The number of Topliss-reactive ketones (excluding diaryl/α,β-unsaturated/α-hetero) is 1. The molecule has 22 heavy (non-hydrogen) atoms. The van der Waals surface area contributed by atoms with Crippen molar-refractivity contribution >= 4 is 13.0 Å². The van der Waals surface area contributed by atoms with E-state index in [0.717, 1.165) is 5.56 Å². The molecule has 116 valence electrons. The maximum Gasteiger partial charge on any atom is 0.167 e. The van der Waals surface area contributed by atoms with E-state index >= 15 is 0 Å². The summed E-state index contributed by atoms with van der Waals surface area (Å²) in [6.07, 6.45) is 3.00. The second-order valence-corrected chi connectivity index (χ2v) is 10.9. The van der Waals surface area contributed by atoms with Gasteiger partial charge in [0.25, 0.3) is 0 Å². The highest BCUT2D eigenvalue weighted by atomic mass is 31.2. The van der Waals surface area contributed by atoms with Crippen molar-refractivity contribution in [3.63, 3.8) is 0 Å². The van der Waals surface area contributed by atoms with Gasteiger partial charge in [0.15, 0.2) is 5.78 Å². The minimum atomic E-state index is -1.16. The van der Waals surface area contributed by atoms with E-state index in [0.29, 0.717) is 12.1 Å². The second-order valence-electron chi connectivity index (χ2n) is 6.03. The fraction of sp³-hybridized carbons (Fsp3) is 0.350. The Morgan fingerprint density at radius 3 is 1.91 bits per heavy atom. The van der Waals surface area contributed by atoms with Gasteiger partial charge >= 0.3 is 0 Å². The number of benzene rings is 2. The molecule has 0 radical (unpaired) electrons. The zero-order valence-corrected chi connectivity index (χ0v) is 14.7. The van der Waals surface area contributed by atoms with Crippen molar-refractivity contribution in [2.24, 2.45) is 0 Å². The van der Waals surface area contributed by atoms with Crippen LogP contribution in [0.1, 0.15) is 41.8 Å². The molecule has 0 aliphatic heterocycles. The minimum absolute atomic E-state index is 0.266. The van der Waals surface area contributed by atoms with Crippen LogP contribution in [0.4, 0.5) is 0 Å². The molecule has 0 fully saturated rings. The lowest BCUT2D eigenvalue weighted by Gasteiger charge is -2.30. The van der Waals surface area contributed by atoms with Crippen molar-refractivity contribution < 1.29 is 4.79 Å². The van der Waals surface area contributed by atoms with E-state index in [1.807, 2.05) is 36.4 Å². The molecule has 0 aliphatic carbocycles. The van der Waals surface area contributed by atoms with Crippen LogP contribution in [0, 0.1) is 0 Å². The van der Waals surface area contributed by atoms with E-state index in [1.165, 1.54) is 17.9 Å². The molecule has 1 atom stereocenters. The van der Waals surface area contributed by atoms with Gasteiger partial charge in [-0.05, 0) is 19.4 Å². The van der Waals surface area contributed by atoms with Crippen LogP contribution in [0.15, 0.2) is 60.7 Å². The fourth-order valence-corrected chi connectivity index (χ4v) is 5.78. The first-order valence-electron chi connectivity index (χ1n) is 8.08. The summed E-state index contributed by atoms with van der Waals surface area (Å²) in [6.45, 7) is 6.98. The third-order valence-corrected chi connectivity index (χ3v) is 9.73. The van der Waals surface area contributed by atoms with Crippen molar-refractivity contribution in [3.05, 3.63) is 71.8 Å². The van der Waals surface area contributed by atoms with Gasteiger partial charge in [-0.15, -0.1) is 0 Å². The molecular formula is C20H26OP+. The Hall–Kier alpha value is -1.46. The normalized spacial score (nSPS) is 12.9. The Labute approximate surface area is 135 Å². The summed E-state index contributed by atoms with van der Waals surface area (Å²) < 4.78 is 0. The SMILES string of the molecule is CC[P+](C)(CC)C(CC(=O)c1ccccc1)c1ccccc1. The van der Waals surface area contributed by atoms with E-state index < -0.39 is 7.26 Å². The largest absolute Gasteiger partial charge is 0.294 e. The highest BCUT2D eigenvalue weighted by Crippen LogP contribution is 2.67. The maximum absolute atomic E-state index is 12.7. The van der Waals surface area contributed by atoms with Crippen LogP contribution in [0.25, 0.3) is 0 Å². The third-order valence-electron chi connectivity index (χ3n) is 4.86. The zero-order valence-electron chi connectivity index (χ0n) is 13.8. The molecule has 0 heterocycles. The quantitative estimate of drug-likeness (QED) is 0.474. The first-order valence-corrected chi connectivity index (χ1v) is 10.8. The van der Waals surface area contributed by atoms with Crippen LogP contribution in [-0.4, -0.2) is 24.8 Å². The van der Waals surface area contributed by atoms with Crippen LogP contribution >= 0.6 is 7.26 Å². The van der Waals surface area contributed by atoms with Crippen LogP contribution in [0.5, 0.6) is 0 Å². The topological polar surface area (TPSA) is 17.1 Å². The van der Waals surface area contributed by atoms with Crippen molar-refractivity contribution in [2.75, 3.05) is 19.0 Å². The van der Waals surface area contributed by atoms with E-state index in [2.05, 4.69) is 44.8 Å². The Morgan fingerprint density at radius 2 is 1.41 bits per heavy atom. The van der Waals surface area contributed by atoms with Crippen molar-refractivity contribution in [3.8, 4) is 0 Å². The average molecular weight is 313 g/mol. The molecule has 1 unspecified atom stereocenters. The number of carbonyl (C=O) groups excluding carboxylic acids is 1. The molecule has 2 aromatic rings. The molecular weight excluding hydrogens is 287 g/mol.